The van der Waals surface area contributed by atoms with Crippen LogP contribution >= 0.6 is 0 Å². The summed E-state index contributed by atoms with van der Waals surface area (Å²) in [5.41, 5.74) is 3.05. The minimum absolute atomic E-state index is 0.0364. The van der Waals surface area contributed by atoms with Crippen molar-refractivity contribution in [2.24, 2.45) is 4.99 Å². The van der Waals surface area contributed by atoms with Gasteiger partial charge in [0.25, 0.3) is 0 Å². The van der Waals surface area contributed by atoms with Crippen LogP contribution in [0.25, 0.3) is 5.70 Å². The predicted octanol–water partition coefficient (Wildman–Crippen LogP) is 1.37. The standard InChI is InChI=1S/C17H24N4O2S/c1-14-5-6-16(19-17(14)15-4-2-3-7-18-15)20-8-10-21(11-9-20)24(23)13-12-22/h4-7,22H,2-3,8-13H2,1H3. The number of nitrogens with zero attached hydrogens (tertiary/aromatic N) is 4. The quantitative estimate of drug-likeness (QED) is 0.814. The number of anilines is 1. The Morgan fingerprint density at radius 3 is 2.67 bits per heavy atom. The Kier molecular flexibility index (Phi) is 5.89. The summed E-state index contributed by atoms with van der Waals surface area (Å²) >= 11 is -1.08. The molecule has 24 heavy (non-hydrogen) atoms. The Morgan fingerprint density at radius 1 is 1.21 bits per heavy atom. The molecule has 1 atom stereocenters. The van der Waals surface area contributed by atoms with Gasteiger partial charge in [0.15, 0.2) is 0 Å². The number of hydrogen-bond acceptors (Lipinski definition) is 6. The number of aliphatic hydroxyl groups excluding tert-OH is 1. The van der Waals surface area contributed by atoms with Gasteiger partial charge in [-0.25, -0.2) is 4.98 Å². The Morgan fingerprint density at radius 2 is 2.00 bits per heavy atom. The van der Waals surface area contributed by atoms with Crippen molar-refractivity contribution in [1.82, 2.24) is 9.29 Å². The summed E-state index contributed by atoms with van der Waals surface area (Å²) in [7, 11) is 0. The first-order valence-corrected chi connectivity index (χ1v) is 9.66. The molecule has 0 aromatic carbocycles. The number of aliphatic hydroxyl groups is 1. The van der Waals surface area contributed by atoms with E-state index in [1.165, 1.54) is 0 Å². The molecule has 3 rings (SSSR count). The second-order valence-electron chi connectivity index (χ2n) is 5.98. The molecule has 3 heterocycles. The predicted molar refractivity (Wildman–Crippen MR) is 98.6 cm³/mol. The Labute approximate surface area is 146 Å². The van der Waals surface area contributed by atoms with Gasteiger partial charge in [-0.15, -0.1) is 4.31 Å². The lowest BCUT2D eigenvalue weighted by Crippen LogP contribution is -2.49. The third kappa shape index (κ3) is 3.97. The molecular weight excluding hydrogens is 324 g/mol. The maximum absolute atomic E-state index is 12.0. The van der Waals surface area contributed by atoms with Gasteiger partial charge in [0, 0.05) is 30.7 Å². The molecule has 2 aliphatic rings. The van der Waals surface area contributed by atoms with Crippen LogP contribution in [0.4, 0.5) is 5.82 Å². The summed E-state index contributed by atoms with van der Waals surface area (Å²) in [6.07, 6.45) is 6.11. The van der Waals surface area contributed by atoms with Gasteiger partial charge in [-0.05, 0) is 31.4 Å². The van der Waals surface area contributed by atoms with E-state index in [1.54, 1.807) is 0 Å². The normalized spacial score (nSPS) is 20.1. The number of rotatable bonds is 5. The molecule has 0 amide bonds. The Balaban J connectivity index is 1.70. The molecule has 6 nitrogen and oxygen atoms in total. The van der Waals surface area contributed by atoms with Crippen LogP contribution in [0.15, 0.2) is 23.2 Å². The summed E-state index contributed by atoms with van der Waals surface area (Å²) in [5, 5.41) is 8.92. The third-order valence-electron chi connectivity index (χ3n) is 4.31. The number of hydrogen-bond donors (Lipinski definition) is 1. The zero-order chi connectivity index (χ0) is 16.9. The largest absolute Gasteiger partial charge is 0.598 e. The molecule has 1 aromatic rings. The second kappa shape index (κ2) is 8.11. The number of pyridine rings is 1. The van der Waals surface area contributed by atoms with Gasteiger partial charge in [-0.1, -0.05) is 12.1 Å². The van der Waals surface area contributed by atoms with Crippen molar-refractivity contribution >= 4 is 29.1 Å². The summed E-state index contributed by atoms with van der Waals surface area (Å²) in [4.78, 5) is 11.5. The molecule has 2 aliphatic heterocycles. The van der Waals surface area contributed by atoms with Gasteiger partial charge in [0.05, 0.1) is 31.1 Å². The van der Waals surface area contributed by atoms with Gasteiger partial charge in [-0.2, -0.15) is 0 Å². The van der Waals surface area contributed by atoms with E-state index in [2.05, 4.69) is 29.0 Å². The first kappa shape index (κ1) is 17.4. The number of aromatic nitrogens is 1. The van der Waals surface area contributed by atoms with Crippen molar-refractivity contribution in [3.8, 4) is 0 Å². The number of allylic oxidation sites excluding steroid dienone is 1. The second-order valence-corrected chi connectivity index (χ2v) is 7.55. The molecular formula is C17H24N4O2S. The van der Waals surface area contributed by atoms with Crippen LogP contribution in [0, 0.1) is 6.92 Å². The van der Waals surface area contributed by atoms with Crippen molar-refractivity contribution in [2.75, 3.05) is 43.4 Å². The summed E-state index contributed by atoms with van der Waals surface area (Å²) in [6, 6.07) is 4.14. The lowest BCUT2D eigenvalue weighted by Gasteiger charge is -2.35. The molecule has 1 saturated heterocycles. The van der Waals surface area contributed by atoms with E-state index in [0.29, 0.717) is 5.75 Å². The smallest absolute Gasteiger partial charge is 0.148 e. The first-order valence-electron chi connectivity index (χ1n) is 8.39. The van der Waals surface area contributed by atoms with E-state index in [-0.39, 0.29) is 6.61 Å². The van der Waals surface area contributed by atoms with Gasteiger partial charge in [0.1, 0.15) is 11.6 Å². The topological polar surface area (TPSA) is 75.0 Å². The average molecular weight is 348 g/mol. The fourth-order valence-electron chi connectivity index (χ4n) is 2.95. The number of aliphatic imine (C=N–C) groups is 1. The SMILES string of the molecule is Cc1ccc(N2CCN([S+]([O-])CCO)CC2)nc1C1=CCCC=N1. The van der Waals surface area contributed by atoms with Crippen LogP contribution in [-0.4, -0.2) is 63.7 Å². The average Bonchev–Trinajstić information content (AvgIpc) is 2.63. The van der Waals surface area contributed by atoms with Gasteiger partial charge in [0.2, 0.25) is 0 Å². The third-order valence-corrected chi connectivity index (χ3v) is 5.78. The molecule has 0 bridgehead atoms. The van der Waals surface area contributed by atoms with Gasteiger partial charge in [-0.3, -0.25) is 4.99 Å². The highest BCUT2D eigenvalue weighted by Crippen LogP contribution is 2.25. The summed E-state index contributed by atoms with van der Waals surface area (Å²) in [5.74, 6) is 1.27. The zero-order valence-corrected chi connectivity index (χ0v) is 14.8. The van der Waals surface area contributed by atoms with Crippen LogP contribution in [0.2, 0.25) is 0 Å². The highest BCUT2D eigenvalue weighted by molar-refractivity contribution is 7.89. The molecule has 0 spiro atoms. The van der Waals surface area contributed by atoms with Crippen molar-refractivity contribution in [2.45, 2.75) is 19.8 Å². The summed E-state index contributed by atoms with van der Waals surface area (Å²) < 4.78 is 13.9. The van der Waals surface area contributed by atoms with Crippen molar-refractivity contribution in [3.05, 3.63) is 29.5 Å². The lowest BCUT2D eigenvalue weighted by atomic mass is 10.1. The zero-order valence-electron chi connectivity index (χ0n) is 14.0. The molecule has 0 aliphatic carbocycles. The monoisotopic (exact) mass is 348 g/mol. The maximum Gasteiger partial charge on any atom is 0.148 e. The fourth-order valence-corrected chi connectivity index (χ4v) is 3.93. The van der Waals surface area contributed by atoms with Crippen LogP contribution in [-0.2, 0) is 11.4 Å². The molecule has 0 saturated carbocycles. The molecule has 0 radical (unpaired) electrons. The fraction of sp³-hybridized carbons (Fsp3) is 0.529. The Hall–Kier alpha value is -1.41. The highest BCUT2D eigenvalue weighted by Gasteiger charge is 2.26. The molecule has 130 valence electrons. The van der Waals surface area contributed by atoms with Crippen molar-refractivity contribution in [3.63, 3.8) is 0 Å². The van der Waals surface area contributed by atoms with E-state index < -0.39 is 11.4 Å². The molecule has 1 aromatic heterocycles. The van der Waals surface area contributed by atoms with E-state index in [0.717, 1.165) is 61.8 Å². The molecule has 1 unspecified atom stereocenters. The highest BCUT2D eigenvalue weighted by atomic mass is 32.2. The van der Waals surface area contributed by atoms with Crippen LogP contribution < -0.4 is 4.90 Å². The lowest BCUT2D eigenvalue weighted by molar-refractivity contribution is 0.312. The van der Waals surface area contributed by atoms with Gasteiger partial charge >= 0.3 is 0 Å². The van der Waals surface area contributed by atoms with E-state index in [1.807, 2.05) is 16.6 Å². The molecule has 7 heteroatoms. The van der Waals surface area contributed by atoms with Crippen LogP contribution in [0.3, 0.4) is 0 Å². The molecule has 1 N–H and O–H groups in total. The molecule has 1 fully saturated rings. The summed E-state index contributed by atoms with van der Waals surface area (Å²) in [6.45, 7) is 5.04. The first-order chi connectivity index (χ1) is 11.7. The van der Waals surface area contributed by atoms with Crippen molar-refractivity contribution < 1.29 is 9.66 Å². The van der Waals surface area contributed by atoms with E-state index in [4.69, 9.17) is 10.1 Å². The van der Waals surface area contributed by atoms with Crippen molar-refractivity contribution in [1.29, 1.82) is 0 Å². The van der Waals surface area contributed by atoms with E-state index >= 15 is 0 Å². The van der Waals surface area contributed by atoms with Crippen LogP contribution in [0.5, 0.6) is 0 Å². The van der Waals surface area contributed by atoms with Crippen LogP contribution in [0.1, 0.15) is 24.1 Å². The maximum atomic E-state index is 12.0. The minimum Gasteiger partial charge on any atom is -0.598 e. The Bertz CT molecular complexity index is 627. The van der Waals surface area contributed by atoms with E-state index in [9.17, 15) is 4.55 Å². The number of aryl methyl sites for hydroxylation is 1. The number of piperazine rings is 1. The van der Waals surface area contributed by atoms with Gasteiger partial charge < -0.3 is 14.6 Å². The minimum atomic E-state index is -1.08.